The molecule has 0 fully saturated rings. The summed E-state index contributed by atoms with van der Waals surface area (Å²) in [4.78, 5) is 11.1. The van der Waals surface area contributed by atoms with Gasteiger partial charge in [0.05, 0.1) is 11.4 Å². The summed E-state index contributed by atoms with van der Waals surface area (Å²) in [5, 5.41) is 5.72. The van der Waals surface area contributed by atoms with E-state index in [1.165, 1.54) is 25.1 Å². The van der Waals surface area contributed by atoms with Gasteiger partial charge in [0, 0.05) is 12.6 Å². The Hall–Kier alpha value is -2.36. The molecule has 0 bridgehead atoms. The Balaban J connectivity index is 2.30. The summed E-state index contributed by atoms with van der Waals surface area (Å²) in [6.07, 6.45) is 0. The molecule has 0 aromatic heterocycles. The van der Waals surface area contributed by atoms with Gasteiger partial charge in [0.2, 0.25) is 5.91 Å². The quantitative estimate of drug-likeness (QED) is 0.867. The summed E-state index contributed by atoms with van der Waals surface area (Å²) >= 11 is 0. The number of rotatable bonds is 3. The van der Waals surface area contributed by atoms with E-state index in [4.69, 9.17) is 0 Å². The van der Waals surface area contributed by atoms with Crippen LogP contribution >= 0.6 is 0 Å². The largest absolute Gasteiger partial charge is 0.354 e. The van der Waals surface area contributed by atoms with Crippen LogP contribution in [0.5, 0.6) is 0 Å². The Morgan fingerprint density at radius 2 is 1.78 bits per heavy atom. The van der Waals surface area contributed by atoms with Gasteiger partial charge in [-0.2, -0.15) is 0 Å². The van der Waals surface area contributed by atoms with E-state index >= 15 is 0 Å². The number of amides is 1. The topological polar surface area (TPSA) is 41.1 Å². The van der Waals surface area contributed by atoms with Gasteiger partial charge >= 0.3 is 0 Å². The first kappa shape index (κ1) is 12.1. The standard InChI is InChI=1S/C14H13FN2O/c1-10(18)16-13-8-7-11(15)9-14(13)17-12-5-3-2-4-6-12/h2-9,17H,1H3,(H,16,18). The second-order valence-electron chi connectivity index (χ2n) is 3.86. The van der Waals surface area contributed by atoms with Crippen LogP contribution in [0.4, 0.5) is 21.5 Å². The Bertz CT molecular complexity index is 555. The molecule has 0 aliphatic rings. The van der Waals surface area contributed by atoms with Gasteiger partial charge in [0.1, 0.15) is 5.82 Å². The first-order valence-electron chi connectivity index (χ1n) is 5.54. The summed E-state index contributed by atoms with van der Waals surface area (Å²) in [6, 6.07) is 13.6. The molecule has 0 radical (unpaired) electrons. The smallest absolute Gasteiger partial charge is 0.221 e. The van der Waals surface area contributed by atoms with Gasteiger partial charge in [-0.25, -0.2) is 4.39 Å². The molecular formula is C14H13FN2O. The molecule has 3 nitrogen and oxygen atoms in total. The number of hydrogen-bond acceptors (Lipinski definition) is 2. The van der Waals surface area contributed by atoms with E-state index in [1.807, 2.05) is 30.3 Å². The fourth-order valence-electron chi connectivity index (χ4n) is 1.60. The number of nitrogens with one attached hydrogen (secondary N) is 2. The minimum absolute atomic E-state index is 0.197. The molecule has 0 aliphatic heterocycles. The molecule has 0 saturated carbocycles. The highest BCUT2D eigenvalue weighted by Crippen LogP contribution is 2.26. The molecule has 2 rings (SSSR count). The predicted molar refractivity (Wildman–Crippen MR) is 70.4 cm³/mol. The van der Waals surface area contributed by atoms with E-state index < -0.39 is 0 Å². The van der Waals surface area contributed by atoms with Crippen molar-refractivity contribution in [2.45, 2.75) is 6.92 Å². The Labute approximate surface area is 105 Å². The van der Waals surface area contributed by atoms with Crippen LogP contribution in [0.1, 0.15) is 6.92 Å². The van der Waals surface area contributed by atoms with E-state index in [2.05, 4.69) is 10.6 Å². The maximum atomic E-state index is 13.2. The molecule has 2 aromatic rings. The van der Waals surface area contributed by atoms with Gasteiger partial charge in [-0.15, -0.1) is 0 Å². The lowest BCUT2D eigenvalue weighted by Gasteiger charge is -2.12. The monoisotopic (exact) mass is 244 g/mol. The van der Waals surface area contributed by atoms with E-state index in [-0.39, 0.29) is 11.7 Å². The number of benzene rings is 2. The third-order valence-corrected chi connectivity index (χ3v) is 2.35. The molecule has 0 aliphatic carbocycles. The van der Waals surface area contributed by atoms with E-state index in [0.717, 1.165) is 5.69 Å². The first-order chi connectivity index (χ1) is 8.65. The molecule has 1 amide bonds. The van der Waals surface area contributed by atoms with Crippen LogP contribution in [-0.4, -0.2) is 5.91 Å². The fourth-order valence-corrected chi connectivity index (χ4v) is 1.60. The zero-order valence-electron chi connectivity index (χ0n) is 9.91. The Kier molecular flexibility index (Phi) is 3.57. The molecule has 0 atom stereocenters. The van der Waals surface area contributed by atoms with Crippen molar-refractivity contribution in [1.82, 2.24) is 0 Å². The molecule has 0 saturated heterocycles. The van der Waals surface area contributed by atoms with Crippen molar-refractivity contribution < 1.29 is 9.18 Å². The van der Waals surface area contributed by atoms with Crippen LogP contribution in [0, 0.1) is 5.82 Å². The van der Waals surface area contributed by atoms with Crippen LogP contribution in [-0.2, 0) is 4.79 Å². The first-order valence-corrected chi connectivity index (χ1v) is 5.54. The van der Waals surface area contributed by atoms with Crippen LogP contribution < -0.4 is 10.6 Å². The summed E-state index contributed by atoms with van der Waals surface area (Å²) < 4.78 is 13.2. The molecule has 92 valence electrons. The van der Waals surface area contributed by atoms with Crippen LogP contribution in [0.2, 0.25) is 0 Å². The van der Waals surface area contributed by atoms with Crippen molar-refractivity contribution in [3.63, 3.8) is 0 Å². The lowest BCUT2D eigenvalue weighted by molar-refractivity contribution is -0.114. The van der Waals surface area contributed by atoms with Crippen LogP contribution in [0.3, 0.4) is 0 Å². The van der Waals surface area contributed by atoms with Gasteiger partial charge < -0.3 is 10.6 Å². The van der Waals surface area contributed by atoms with Gasteiger partial charge in [-0.1, -0.05) is 18.2 Å². The number of para-hydroxylation sites is 1. The van der Waals surface area contributed by atoms with Gasteiger partial charge in [-0.05, 0) is 30.3 Å². The molecule has 0 spiro atoms. The van der Waals surface area contributed by atoms with Crippen molar-refractivity contribution in [2.75, 3.05) is 10.6 Å². The van der Waals surface area contributed by atoms with Crippen molar-refractivity contribution in [1.29, 1.82) is 0 Å². The van der Waals surface area contributed by atoms with Crippen molar-refractivity contribution in [2.24, 2.45) is 0 Å². The Morgan fingerprint density at radius 1 is 1.06 bits per heavy atom. The highest BCUT2D eigenvalue weighted by molar-refractivity contribution is 5.93. The average Bonchev–Trinajstić information content (AvgIpc) is 2.33. The van der Waals surface area contributed by atoms with Crippen molar-refractivity contribution in [3.05, 3.63) is 54.3 Å². The molecular weight excluding hydrogens is 231 g/mol. The third kappa shape index (κ3) is 3.07. The van der Waals surface area contributed by atoms with Crippen molar-refractivity contribution >= 4 is 23.0 Å². The number of hydrogen-bond donors (Lipinski definition) is 2. The lowest BCUT2D eigenvalue weighted by Crippen LogP contribution is -2.08. The van der Waals surface area contributed by atoms with E-state index in [9.17, 15) is 9.18 Å². The normalized spacial score (nSPS) is 9.89. The molecule has 0 heterocycles. The fraction of sp³-hybridized carbons (Fsp3) is 0.0714. The van der Waals surface area contributed by atoms with Crippen molar-refractivity contribution in [3.8, 4) is 0 Å². The average molecular weight is 244 g/mol. The van der Waals surface area contributed by atoms with Gasteiger partial charge in [0.25, 0.3) is 0 Å². The summed E-state index contributed by atoms with van der Waals surface area (Å²) in [5.41, 5.74) is 1.90. The summed E-state index contributed by atoms with van der Waals surface area (Å²) in [5.74, 6) is -0.555. The zero-order chi connectivity index (χ0) is 13.0. The number of anilines is 3. The highest BCUT2D eigenvalue weighted by atomic mass is 19.1. The molecule has 4 heteroatoms. The molecule has 18 heavy (non-hydrogen) atoms. The molecule has 0 unspecified atom stereocenters. The minimum Gasteiger partial charge on any atom is -0.354 e. The zero-order valence-corrected chi connectivity index (χ0v) is 9.91. The SMILES string of the molecule is CC(=O)Nc1ccc(F)cc1Nc1ccccc1. The predicted octanol–water partition coefficient (Wildman–Crippen LogP) is 3.53. The molecule has 2 aromatic carbocycles. The number of carbonyl (C=O) groups is 1. The van der Waals surface area contributed by atoms with Crippen LogP contribution in [0.25, 0.3) is 0 Å². The van der Waals surface area contributed by atoms with Gasteiger partial charge in [0.15, 0.2) is 0 Å². The Morgan fingerprint density at radius 3 is 2.44 bits per heavy atom. The summed E-state index contributed by atoms with van der Waals surface area (Å²) in [7, 11) is 0. The number of carbonyl (C=O) groups excluding carboxylic acids is 1. The van der Waals surface area contributed by atoms with Gasteiger partial charge in [-0.3, -0.25) is 4.79 Å². The highest BCUT2D eigenvalue weighted by Gasteiger charge is 2.05. The maximum Gasteiger partial charge on any atom is 0.221 e. The molecule has 2 N–H and O–H groups in total. The van der Waals surface area contributed by atoms with Crippen LogP contribution in [0.15, 0.2) is 48.5 Å². The van der Waals surface area contributed by atoms with E-state index in [0.29, 0.717) is 11.4 Å². The van der Waals surface area contributed by atoms with E-state index in [1.54, 1.807) is 0 Å². The lowest BCUT2D eigenvalue weighted by atomic mass is 10.2. The number of halogens is 1. The maximum absolute atomic E-state index is 13.2. The third-order valence-electron chi connectivity index (χ3n) is 2.35. The second-order valence-corrected chi connectivity index (χ2v) is 3.86. The second kappa shape index (κ2) is 5.31. The summed E-state index contributed by atoms with van der Waals surface area (Å²) in [6.45, 7) is 1.41. The minimum atomic E-state index is -0.359.